The molecule has 0 radical (unpaired) electrons. The summed E-state index contributed by atoms with van der Waals surface area (Å²) >= 11 is 6.07. The second-order valence-corrected chi connectivity index (χ2v) is 6.17. The summed E-state index contributed by atoms with van der Waals surface area (Å²) in [6.45, 7) is 3.63. The molecule has 2 fully saturated rings. The van der Waals surface area contributed by atoms with Gasteiger partial charge in [-0.05, 0) is 19.9 Å². The minimum atomic E-state index is -0.756. The standard InChI is InChI=1S/C14H14ClN3O4/c1-14(2)21-9-8(5-19)20-13(10(9)22-14)18-4-3-7-11(15)16-6-17-12(7)18/h3-6,8-10,13H,1-2H3/t8-,9-,10-,13-/m1/s1. The molecule has 2 aliphatic rings. The predicted molar refractivity (Wildman–Crippen MR) is 76.3 cm³/mol. The van der Waals surface area contributed by atoms with E-state index in [0.29, 0.717) is 10.8 Å². The molecule has 8 heteroatoms. The van der Waals surface area contributed by atoms with Gasteiger partial charge in [0.2, 0.25) is 0 Å². The van der Waals surface area contributed by atoms with Gasteiger partial charge in [-0.2, -0.15) is 0 Å². The summed E-state index contributed by atoms with van der Waals surface area (Å²) < 4.78 is 19.3. The highest BCUT2D eigenvalue weighted by Crippen LogP contribution is 2.43. The average molecular weight is 324 g/mol. The molecule has 2 aromatic rings. The smallest absolute Gasteiger partial charge is 0.165 e. The zero-order valence-electron chi connectivity index (χ0n) is 12.0. The average Bonchev–Trinajstić information content (AvgIpc) is 3.10. The summed E-state index contributed by atoms with van der Waals surface area (Å²) in [7, 11) is 0. The van der Waals surface area contributed by atoms with Gasteiger partial charge in [-0.3, -0.25) is 0 Å². The molecule has 4 rings (SSSR count). The number of aromatic nitrogens is 3. The Balaban J connectivity index is 1.78. The molecule has 0 unspecified atom stereocenters. The van der Waals surface area contributed by atoms with Crippen molar-refractivity contribution in [2.45, 2.75) is 44.2 Å². The molecule has 0 aliphatic carbocycles. The Hall–Kier alpha value is -1.54. The Morgan fingerprint density at radius 2 is 2.09 bits per heavy atom. The molecule has 0 amide bonds. The number of nitrogens with zero attached hydrogens (tertiary/aromatic N) is 3. The largest absolute Gasteiger partial charge is 0.342 e. The van der Waals surface area contributed by atoms with E-state index in [9.17, 15) is 4.79 Å². The fraction of sp³-hybridized carbons (Fsp3) is 0.500. The number of hydrogen-bond donors (Lipinski definition) is 0. The van der Waals surface area contributed by atoms with E-state index in [1.165, 1.54) is 6.33 Å². The number of aldehydes is 1. The third-order valence-corrected chi connectivity index (χ3v) is 4.24. The van der Waals surface area contributed by atoms with E-state index in [1.54, 1.807) is 10.8 Å². The second kappa shape index (κ2) is 4.73. The molecule has 22 heavy (non-hydrogen) atoms. The molecule has 4 atom stereocenters. The van der Waals surface area contributed by atoms with Crippen LogP contribution in [0.4, 0.5) is 0 Å². The first-order valence-electron chi connectivity index (χ1n) is 6.93. The maximum atomic E-state index is 11.3. The van der Waals surface area contributed by atoms with E-state index in [1.807, 2.05) is 19.9 Å². The van der Waals surface area contributed by atoms with Crippen LogP contribution < -0.4 is 0 Å². The van der Waals surface area contributed by atoms with Gasteiger partial charge in [-0.1, -0.05) is 11.6 Å². The number of hydrogen-bond acceptors (Lipinski definition) is 6. The predicted octanol–water partition coefficient (Wildman–Crippen LogP) is 1.70. The molecule has 7 nitrogen and oxygen atoms in total. The third-order valence-electron chi connectivity index (χ3n) is 3.93. The molecular weight excluding hydrogens is 310 g/mol. The summed E-state index contributed by atoms with van der Waals surface area (Å²) in [4.78, 5) is 19.5. The Bertz CT molecular complexity index is 747. The SMILES string of the molecule is CC1(C)O[C@@H]2[C@H](O1)[C@@H](C=O)O[C@H]2n1ccc2c(Cl)ncnc21. The molecule has 0 saturated carbocycles. The van der Waals surface area contributed by atoms with Gasteiger partial charge < -0.3 is 23.6 Å². The van der Waals surface area contributed by atoms with Gasteiger partial charge in [0, 0.05) is 6.20 Å². The number of ether oxygens (including phenoxy) is 3. The Morgan fingerprint density at radius 3 is 2.86 bits per heavy atom. The molecular formula is C14H14ClN3O4. The Morgan fingerprint density at radius 1 is 1.32 bits per heavy atom. The number of rotatable bonds is 2. The molecule has 0 aromatic carbocycles. The maximum absolute atomic E-state index is 11.3. The van der Waals surface area contributed by atoms with Crippen LogP contribution in [0.5, 0.6) is 0 Å². The van der Waals surface area contributed by atoms with Crippen LogP contribution in [0.2, 0.25) is 5.15 Å². The second-order valence-electron chi connectivity index (χ2n) is 5.82. The summed E-state index contributed by atoms with van der Waals surface area (Å²) in [6.07, 6.45) is 1.92. The van der Waals surface area contributed by atoms with Gasteiger partial charge >= 0.3 is 0 Å². The van der Waals surface area contributed by atoms with Crippen LogP contribution in [0.1, 0.15) is 20.1 Å². The lowest BCUT2D eigenvalue weighted by molar-refractivity contribution is -0.194. The number of carbonyl (C=O) groups excluding carboxylic acids is 1. The quantitative estimate of drug-likeness (QED) is 0.618. The van der Waals surface area contributed by atoms with Crippen molar-refractivity contribution >= 4 is 28.9 Å². The van der Waals surface area contributed by atoms with Crippen LogP contribution in [0, 0.1) is 0 Å². The van der Waals surface area contributed by atoms with Gasteiger partial charge in [0.15, 0.2) is 18.3 Å². The maximum Gasteiger partial charge on any atom is 0.165 e. The first kappa shape index (κ1) is 14.1. The zero-order chi connectivity index (χ0) is 15.5. The minimum Gasteiger partial charge on any atom is -0.342 e. The third kappa shape index (κ3) is 1.97. The first-order chi connectivity index (χ1) is 10.5. The molecule has 4 heterocycles. The highest BCUT2D eigenvalue weighted by atomic mass is 35.5. The molecule has 0 spiro atoms. The highest BCUT2D eigenvalue weighted by molar-refractivity contribution is 6.33. The van der Waals surface area contributed by atoms with Gasteiger partial charge in [0.05, 0.1) is 5.39 Å². The normalized spacial score (nSPS) is 33.2. The van der Waals surface area contributed by atoms with Crippen molar-refractivity contribution in [3.63, 3.8) is 0 Å². The summed E-state index contributed by atoms with van der Waals surface area (Å²) in [5, 5.41) is 1.09. The van der Waals surface area contributed by atoms with E-state index < -0.39 is 30.3 Å². The van der Waals surface area contributed by atoms with Crippen molar-refractivity contribution in [2.75, 3.05) is 0 Å². The molecule has 2 saturated heterocycles. The van der Waals surface area contributed by atoms with Crippen molar-refractivity contribution in [2.24, 2.45) is 0 Å². The van der Waals surface area contributed by atoms with Crippen molar-refractivity contribution in [1.29, 1.82) is 0 Å². The first-order valence-corrected chi connectivity index (χ1v) is 7.31. The van der Waals surface area contributed by atoms with Crippen LogP contribution in [0.3, 0.4) is 0 Å². The van der Waals surface area contributed by atoms with E-state index in [4.69, 9.17) is 25.8 Å². The zero-order valence-corrected chi connectivity index (χ0v) is 12.7. The van der Waals surface area contributed by atoms with E-state index >= 15 is 0 Å². The van der Waals surface area contributed by atoms with Crippen molar-refractivity contribution in [1.82, 2.24) is 14.5 Å². The highest BCUT2D eigenvalue weighted by Gasteiger charge is 2.56. The number of fused-ring (bicyclic) bond motifs is 2. The molecule has 0 N–H and O–H groups in total. The van der Waals surface area contributed by atoms with Crippen LogP contribution in [-0.4, -0.2) is 44.9 Å². The Labute approximate surface area is 131 Å². The summed E-state index contributed by atoms with van der Waals surface area (Å²) in [5.41, 5.74) is 0.628. The fourth-order valence-electron chi connectivity index (χ4n) is 3.09. The number of halogens is 1. The van der Waals surface area contributed by atoms with Crippen molar-refractivity contribution in [3.05, 3.63) is 23.7 Å². The van der Waals surface area contributed by atoms with Crippen LogP contribution in [0.25, 0.3) is 11.0 Å². The van der Waals surface area contributed by atoms with E-state index in [-0.39, 0.29) is 0 Å². The van der Waals surface area contributed by atoms with Gasteiger partial charge in [0.25, 0.3) is 0 Å². The Kier molecular flexibility index (Phi) is 3.02. The minimum absolute atomic E-state index is 0.370. The lowest BCUT2D eigenvalue weighted by Crippen LogP contribution is -2.30. The van der Waals surface area contributed by atoms with Gasteiger partial charge in [0.1, 0.15) is 35.4 Å². The van der Waals surface area contributed by atoms with Crippen LogP contribution in [-0.2, 0) is 19.0 Å². The van der Waals surface area contributed by atoms with Crippen molar-refractivity contribution in [3.8, 4) is 0 Å². The molecule has 2 aromatic heterocycles. The van der Waals surface area contributed by atoms with Gasteiger partial charge in [-0.15, -0.1) is 0 Å². The summed E-state index contributed by atoms with van der Waals surface area (Å²) in [6, 6.07) is 1.81. The topological polar surface area (TPSA) is 75.5 Å². The molecule has 116 valence electrons. The number of carbonyl (C=O) groups is 1. The van der Waals surface area contributed by atoms with Gasteiger partial charge in [-0.25, -0.2) is 9.97 Å². The van der Waals surface area contributed by atoms with E-state index in [0.717, 1.165) is 11.7 Å². The molecule has 0 bridgehead atoms. The summed E-state index contributed by atoms with van der Waals surface area (Å²) in [5.74, 6) is -0.756. The lowest BCUT2D eigenvalue weighted by Gasteiger charge is -2.23. The van der Waals surface area contributed by atoms with E-state index in [2.05, 4.69) is 9.97 Å². The van der Waals surface area contributed by atoms with Crippen molar-refractivity contribution < 1.29 is 19.0 Å². The molecule has 2 aliphatic heterocycles. The fourth-order valence-corrected chi connectivity index (χ4v) is 3.28. The van der Waals surface area contributed by atoms with Crippen LogP contribution in [0.15, 0.2) is 18.6 Å². The van der Waals surface area contributed by atoms with Crippen LogP contribution >= 0.6 is 11.6 Å². The lowest BCUT2D eigenvalue weighted by atomic mass is 10.1. The monoisotopic (exact) mass is 323 g/mol.